The second-order valence-corrected chi connectivity index (χ2v) is 7.47. The summed E-state index contributed by atoms with van der Waals surface area (Å²) in [5.74, 6) is 0.702. The van der Waals surface area contributed by atoms with Crippen molar-refractivity contribution in [2.45, 2.75) is 32.6 Å². The molecule has 0 amide bonds. The molecule has 0 aliphatic carbocycles. The maximum atomic E-state index is 3.59. The summed E-state index contributed by atoms with van der Waals surface area (Å²) < 4.78 is 1.18. The lowest BCUT2D eigenvalue weighted by atomic mass is 9.94. The van der Waals surface area contributed by atoms with Gasteiger partial charge in [-0.1, -0.05) is 41.1 Å². The molecule has 1 aromatic heterocycles. The Labute approximate surface area is 140 Å². The summed E-state index contributed by atoms with van der Waals surface area (Å²) in [5.41, 5.74) is 1.43. The van der Waals surface area contributed by atoms with Gasteiger partial charge in [-0.2, -0.15) is 0 Å². The van der Waals surface area contributed by atoms with Gasteiger partial charge in [-0.05, 0) is 73.8 Å². The zero-order chi connectivity index (χ0) is 14.9. The lowest BCUT2D eigenvalue weighted by Crippen LogP contribution is -2.25. The Morgan fingerprint density at radius 3 is 2.86 bits per heavy atom. The highest BCUT2D eigenvalue weighted by Gasteiger charge is 2.10. The van der Waals surface area contributed by atoms with Crippen molar-refractivity contribution < 1.29 is 0 Å². The highest BCUT2D eigenvalue weighted by Crippen LogP contribution is 2.20. The van der Waals surface area contributed by atoms with Gasteiger partial charge in [0.2, 0.25) is 0 Å². The maximum Gasteiger partial charge on any atom is 0.0177 e. The van der Waals surface area contributed by atoms with Crippen LogP contribution in [0.1, 0.15) is 30.2 Å². The first-order valence-electron chi connectivity index (χ1n) is 7.75. The molecule has 1 unspecified atom stereocenters. The topological polar surface area (TPSA) is 12.0 Å². The lowest BCUT2D eigenvalue weighted by molar-refractivity contribution is 0.445. The van der Waals surface area contributed by atoms with Crippen molar-refractivity contribution in [3.8, 4) is 0 Å². The minimum absolute atomic E-state index is 0.702. The van der Waals surface area contributed by atoms with Gasteiger partial charge in [0.25, 0.3) is 0 Å². The summed E-state index contributed by atoms with van der Waals surface area (Å²) >= 11 is 5.45. The molecule has 0 spiro atoms. The molecule has 1 aromatic carbocycles. The van der Waals surface area contributed by atoms with E-state index in [1.165, 1.54) is 34.2 Å². The molecule has 0 aliphatic heterocycles. The van der Waals surface area contributed by atoms with Crippen LogP contribution in [0.4, 0.5) is 0 Å². The van der Waals surface area contributed by atoms with Crippen molar-refractivity contribution in [2.24, 2.45) is 5.92 Å². The van der Waals surface area contributed by atoms with Crippen LogP contribution in [0.5, 0.6) is 0 Å². The quantitative estimate of drug-likeness (QED) is 0.594. The molecule has 0 fully saturated rings. The summed E-state index contributed by atoms with van der Waals surface area (Å²) in [5, 5.41) is 5.77. The van der Waals surface area contributed by atoms with Crippen LogP contribution in [0.25, 0.3) is 0 Å². The van der Waals surface area contributed by atoms with Crippen molar-refractivity contribution in [3.63, 3.8) is 0 Å². The fourth-order valence-electron chi connectivity index (χ4n) is 2.56. The Hall–Kier alpha value is -0.640. The van der Waals surface area contributed by atoms with Gasteiger partial charge in [0, 0.05) is 9.35 Å². The van der Waals surface area contributed by atoms with Crippen LogP contribution < -0.4 is 5.32 Å². The SMILES string of the molecule is CCCNCC(CCc1cccs1)Cc1cccc(Br)c1. The number of hydrogen-bond acceptors (Lipinski definition) is 2. The monoisotopic (exact) mass is 365 g/mol. The third-order valence-electron chi connectivity index (χ3n) is 3.65. The number of benzene rings is 1. The number of aryl methyl sites for hydroxylation is 1. The van der Waals surface area contributed by atoms with Crippen LogP contribution in [-0.2, 0) is 12.8 Å². The third-order valence-corrected chi connectivity index (χ3v) is 5.08. The van der Waals surface area contributed by atoms with Crippen LogP contribution in [0, 0.1) is 5.92 Å². The Bertz CT molecular complexity index is 510. The second kappa shape index (κ2) is 9.39. The maximum absolute atomic E-state index is 3.59. The molecule has 0 aliphatic rings. The van der Waals surface area contributed by atoms with Gasteiger partial charge in [-0.25, -0.2) is 0 Å². The molecule has 0 saturated heterocycles. The van der Waals surface area contributed by atoms with Crippen molar-refractivity contribution in [3.05, 3.63) is 56.7 Å². The van der Waals surface area contributed by atoms with Crippen molar-refractivity contribution in [1.29, 1.82) is 0 Å². The van der Waals surface area contributed by atoms with Gasteiger partial charge in [0.1, 0.15) is 0 Å². The van der Waals surface area contributed by atoms with Gasteiger partial charge < -0.3 is 5.32 Å². The average molecular weight is 366 g/mol. The zero-order valence-corrected chi connectivity index (χ0v) is 15.1. The van der Waals surface area contributed by atoms with Crippen LogP contribution in [0.15, 0.2) is 46.3 Å². The predicted octanol–water partition coefficient (Wildman–Crippen LogP) is 5.30. The van der Waals surface area contributed by atoms with E-state index < -0.39 is 0 Å². The highest BCUT2D eigenvalue weighted by molar-refractivity contribution is 9.10. The standard InChI is InChI=1S/C18H24BrNS/c1-2-10-20-14-16(8-9-18-7-4-11-21-18)12-15-5-3-6-17(19)13-15/h3-7,11,13,16,20H,2,8-10,12,14H2,1H3. The molecule has 1 nitrogen and oxygen atoms in total. The Morgan fingerprint density at radius 1 is 1.24 bits per heavy atom. The Kier molecular flexibility index (Phi) is 7.48. The average Bonchev–Trinajstić information content (AvgIpc) is 2.98. The summed E-state index contributed by atoms with van der Waals surface area (Å²) in [6.45, 7) is 4.46. The molecule has 1 atom stereocenters. The first kappa shape index (κ1) is 16.7. The van der Waals surface area contributed by atoms with Gasteiger partial charge in [-0.3, -0.25) is 0 Å². The fourth-order valence-corrected chi connectivity index (χ4v) is 3.73. The Balaban J connectivity index is 1.90. The van der Waals surface area contributed by atoms with Crippen LogP contribution in [-0.4, -0.2) is 13.1 Å². The van der Waals surface area contributed by atoms with E-state index in [9.17, 15) is 0 Å². The molecule has 0 radical (unpaired) electrons. The molecular weight excluding hydrogens is 342 g/mol. The smallest absolute Gasteiger partial charge is 0.0177 e. The number of rotatable bonds is 9. The van der Waals surface area contributed by atoms with Gasteiger partial charge in [-0.15, -0.1) is 11.3 Å². The summed E-state index contributed by atoms with van der Waals surface area (Å²) in [4.78, 5) is 1.50. The van der Waals surface area contributed by atoms with Gasteiger partial charge in [0.05, 0.1) is 0 Å². The number of hydrogen-bond donors (Lipinski definition) is 1. The molecule has 2 rings (SSSR count). The minimum Gasteiger partial charge on any atom is -0.316 e. The number of halogens is 1. The van der Waals surface area contributed by atoms with E-state index in [2.05, 4.69) is 69.9 Å². The second-order valence-electron chi connectivity index (χ2n) is 5.52. The zero-order valence-electron chi connectivity index (χ0n) is 12.6. The minimum atomic E-state index is 0.702. The van der Waals surface area contributed by atoms with E-state index in [1.807, 2.05) is 11.3 Å². The molecule has 114 valence electrons. The first-order valence-corrected chi connectivity index (χ1v) is 9.42. The summed E-state index contributed by atoms with van der Waals surface area (Å²) in [6.07, 6.45) is 4.81. The number of thiophene rings is 1. The van der Waals surface area contributed by atoms with E-state index in [4.69, 9.17) is 0 Å². The van der Waals surface area contributed by atoms with Crippen molar-refractivity contribution >= 4 is 27.3 Å². The fraction of sp³-hybridized carbons (Fsp3) is 0.444. The van der Waals surface area contributed by atoms with E-state index in [0.29, 0.717) is 5.92 Å². The molecule has 1 heterocycles. The summed E-state index contributed by atoms with van der Waals surface area (Å²) in [6, 6.07) is 13.1. The van der Waals surface area contributed by atoms with E-state index in [1.54, 1.807) is 0 Å². The largest absolute Gasteiger partial charge is 0.316 e. The highest BCUT2D eigenvalue weighted by atomic mass is 79.9. The van der Waals surface area contributed by atoms with Crippen molar-refractivity contribution in [2.75, 3.05) is 13.1 Å². The van der Waals surface area contributed by atoms with E-state index in [-0.39, 0.29) is 0 Å². The lowest BCUT2D eigenvalue weighted by Gasteiger charge is -2.17. The van der Waals surface area contributed by atoms with Crippen LogP contribution in [0.3, 0.4) is 0 Å². The van der Waals surface area contributed by atoms with E-state index >= 15 is 0 Å². The normalized spacial score (nSPS) is 12.5. The summed E-state index contributed by atoms with van der Waals surface area (Å²) in [7, 11) is 0. The van der Waals surface area contributed by atoms with Crippen LogP contribution in [0.2, 0.25) is 0 Å². The van der Waals surface area contributed by atoms with Gasteiger partial charge in [0.15, 0.2) is 0 Å². The number of nitrogens with one attached hydrogen (secondary N) is 1. The van der Waals surface area contributed by atoms with E-state index in [0.717, 1.165) is 19.5 Å². The molecule has 1 N–H and O–H groups in total. The first-order chi connectivity index (χ1) is 10.3. The molecule has 2 aromatic rings. The van der Waals surface area contributed by atoms with Gasteiger partial charge >= 0.3 is 0 Å². The third kappa shape index (κ3) is 6.33. The molecular formula is C18H24BrNS. The molecule has 3 heteroatoms. The molecule has 0 saturated carbocycles. The van der Waals surface area contributed by atoms with Crippen LogP contribution >= 0.6 is 27.3 Å². The molecule has 0 bridgehead atoms. The Morgan fingerprint density at radius 2 is 2.14 bits per heavy atom. The molecule has 21 heavy (non-hydrogen) atoms. The predicted molar refractivity (Wildman–Crippen MR) is 97.1 cm³/mol. The van der Waals surface area contributed by atoms with Crippen molar-refractivity contribution in [1.82, 2.24) is 5.32 Å².